The predicted molar refractivity (Wildman–Crippen MR) is 77.1 cm³/mol. The topological polar surface area (TPSA) is 68.0 Å². The van der Waals surface area contributed by atoms with Gasteiger partial charge < -0.3 is 11.1 Å². The van der Waals surface area contributed by atoms with Crippen molar-refractivity contribution in [1.82, 2.24) is 4.98 Å². The Hall–Kier alpha value is -2.36. The molecule has 1 aromatic heterocycles. The van der Waals surface area contributed by atoms with Crippen LogP contribution in [0.4, 0.5) is 11.4 Å². The van der Waals surface area contributed by atoms with Crippen LogP contribution in [0.3, 0.4) is 0 Å². The highest BCUT2D eigenvalue weighted by atomic mass is 16.1. The smallest absolute Gasteiger partial charge is 0.257 e. The van der Waals surface area contributed by atoms with Gasteiger partial charge in [-0.15, -0.1) is 0 Å². The van der Waals surface area contributed by atoms with Crippen LogP contribution in [0.25, 0.3) is 0 Å². The molecule has 4 nitrogen and oxygen atoms in total. The molecule has 98 valence electrons. The van der Waals surface area contributed by atoms with Crippen molar-refractivity contribution in [3.8, 4) is 0 Å². The van der Waals surface area contributed by atoms with E-state index < -0.39 is 0 Å². The molecule has 3 N–H and O–H groups in total. The van der Waals surface area contributed by atoms with Gasteiger partial charge in [0.15, 0.2) is 0 Å². The number of pyridine rings is 1. The number of hydrogen-bond acceptors (Lipinski definition) is 3. The molecule has 0 saturated heterocycles. The van der Waals surface area contributed by atoms with Crippen LogP contribution < -0.4 is 11.1 Å². The Bertz CT molecular complexity index is 593. The van der Waals surface area contributed by atoms with Crippen molar-refractivity contribution in [2.24, 2.45) is 0 Å². The second kappa shape index (κ2) is 5.52. The third-order valence-electron chi connectivity index (χ3n) is 2.91. The van der Waals surface area contributed by atoms with E-state index >= 15 is 0 Å². The van der Waals surface area contributed by atoms with E-state index in [2.05, 4.69) is 24.1 Å². The van der Waals surface area contributed by atoms with E-state index in [-0.39, 0.29) is 5.91 Å². The number of amides is 1. The van der Waals surface area contributed by atoms with Crippen LogP contribution in [0, 0.1) is 0 Å². The van der Waals surface area contributed by atoms with Gasteiger partial charge in [0.25, 0.3) is 5.91 Å². The van der Waals surface area contributed by atoms with Gasteiger partial charge in [-0.3, -0.25) is 9.78 Å². The van der Waals surface area contributed by atoms with Crippen LogP contribution in [0.5, 0.6) is 0 Å². The van der Waals surface area contributed by atoms with E-state index in [1.807, 2.05) is 24.3 Å². The maximum atomic E-state index is 12.1. The van der Waals surface area contributed by atoms with Gasteiger partial charge >= 0.3 is 0 Å². The lowest BCUT2D eigenvalue weighted by molar-refractivity contribution is 0.102. The Kier molecular flexibility index (Phi) is 3.80. The van der Waals surface area contributed by atoms with Crippen molar-refractivity contribution in [3.05, 3.63) is 53.9 Å². The first-order valence-corrected chi connectivity index (χ1v) is 6.18. The number of anilines is 2. The quantitative estimate of drug-likeness (QED) is 0.885. The molecule has 0 aliphatic heterocycles. The molecule has 1 aromatic carbocycles. The summed E-state index contributed by atoms with van der Waals surface area (Å²) in [5.74, 6) is 0.198. The number of benzene rings is 1. The van der Waals surface area contributed by atoms with E-state index in [1.54, 1.807) is 12.3 Å². The van der Waals surface area contributed by atoms with Gasteiger partial charge in [0.2, 0.25) is 0 Å². The van der Waals surface area contributed by atoms with E-state index in [9.17, 15) is 4.79 Å². The van der Waals surface area contributed by atoms with Crippen molar-refractivity contribution < 1.29 is 4.79 Å². The van der Waals surface area contributed by atoms with Crippen molar-refractivity contribution in [3.63, 3.8) is 0 Å². The molecule has 0 atom stereocenters. The van der Waals surface area contributed by atoms with Crippen LogP contribution in [0.15, 0.2) is 42.7 Å². The summed E-state index contributed by atoms with van der Waals surface area (Å²) in [6.07, 6.45) is 3.02. The highest BCUT2D eigenvalue weighted by molar-refractivity contribution is 6.07. The van der Waals surface area contributed by atoms with Gasteiger partial charge in [-0.05, 0) is 29.7 Å². The predicted octanol–water partition coefficient (Wildman–Crippen LogP) is 3.04. The molecule has 2 rings (SSSR count). The summed E-state index contributed by atoms with van der Waals surface area (Å²) >= 11 is 0. The number of rotatable bonds is 3. The number of carbonyl (C=O) groups excluding carboxylic acids is 1. The third kappa shape index (κ3) is 3.10. The number of aromatic nitrogens is 1. The van der Waals surface area contributed by atoms with Crippen LogP contribution in [-0.4, -0.2) is 10.9 Å². The summed E-state index contributed by atoms with van der Waals surface area (Å²) in [5.41, 5.74) is 8.49. The first-order chi connectivity index (χ1) is 9.08. The molecule has 2 aromatic rings. The molecule has 0 radical (unpaired) electrons. The minimum Gasteiger partial charge on any atom is -0.397 e. The van der Waals surface area contributed by atoms with Crippen molar-refractivity contribution >= 4 is 17.3 Å². The monoisotopic (exact) mass is 255 g/mol. The summed E-state index contributed by atoms with van der Waals surface area (Å²) in [6, 6.07) is 9.42. The highest BCUT2D eigenvalue weighted by Gasteiger charge is 2.10. The molecule has 0 aliphatic carbocycles. The average Bonchev–Trinajstić information content (AvgIpc) is 2.39. The summed E-state index contributed by atoms with van der Waals surface area (Å²) in [7, 11) is 0. The Morgan fingerprint density at radius 3 is 2.79 bits per heavy atom. The fraction of sp³-hybridized carbons (Fsp3) is 0.200. The molecule has 0 fully saturated rings. The van der Waals surface area contributed by atoms with E-state index in [1.165, 1.54) is 11.8 Å². The lowest BCUT2D eigenvalue weighted by Gasteiger charge is -2.10. The van der Waals surface area contributed by atoms with Crippen molar-refractivity contribution in [2.45, 2.75) is 19.8 Å². The van der Waals surface area contributed by atoms with Crippen molar-refractivity contribution in [1.29, 1.82) is 0 Å². The number of carbonyl (C=O) groups is 1. The van der Waals surface area contributed by atoms with Crippen LogP contribution in [0.2, 0.25) is 0 Å². The average molecular weight is 255 g/mol. The molecular weight excluding hydrogens is 238 g/mol. The van der Waals surface area contributed by atoms with Gasteiger partial charge in [0.05, 0.1) is 17.4 Å². The number of nitrogens with zero attached hydrogens (tertiary/aromatic N) is 1. The summed E-state index contributed by atoms with van der Waals surface area (Å²) in [5, 5.41) is 2.85. The summed E-state index contributed by atoms with van der Waals surface area (Å²) in [6.45, 7) is 4.23. The van der Waals surface area contributed by atoms with Crippen LogP contribution >= 0.6 is 0 Å². The Balaban J connectivity index is 2.20. The summed E-state index contributed by atoms with van der Waals surface area (Å²) in [4.78, 5) is 16.0. The molecule has 19 heavy (non-hydrogen) atoms. The molecule has 4 heteroatoms. The van der Waals surface area contributed by atoms with Crippen LogP contribution in [0.1, 0.15) is 35.7 Å². The minimum absolute atomic E-state index is 0.221. The van der Waals surface area contributed by atoms with E-state index in [0.29, 0.717) is 17.2 Å². The van der Waals surface area contributed by atoms with Gasteiger partial charge in [0, 0.05) is 11.9 Å². The van der Waals surface area contributed by atoms with E-state index in [0.717, 1.165) is 5.69 Å². The van der Waals surface area contributed by atoms with Gasteiger partial charge in [-0.2, -0.15) is 0 Å². The summed E-state index contributed by atoms with van der Waals surface area (Å²) < 4.78 is 0. The highest BCUT2D eigenvalue weighted by Crippen LogP contribution is 2.19. The lowest BCUT2D eigenvalue weighted by atomic mass is 10.0. The second-order valence-electron chi connectivity index (χ2n) is 4.70. The van der Waals surface area contributed by atoms with Gasteiger partial charge in [-0.1, -0.05) is 26.0 Å². The molecule has 1 heterocycles. The fourth-order valence-corrected chi connectivity index (χ4v) is 1.79. The van der Waals surface area contributed by atoms with Crippen molar-refractivity contribution in [2.75, 3.05) is 11.1 Å². The maximum absolute atomic E-state index is 12.1. The molecule has 1 amide bonds. The number of nitrogen functional groups attached to an aromatic ring is 1. The Labute approximate surface area is 112 Å². The number of nitrogens with two attached hydrogens (primary N) is 1. The van der Waals surface area contributed by atoms with Gasteiger partial charge in [0.1, 0.15) is 0 Å². The fourth-order valence-electron chi connectivity index (χ4n) is 1.79. The Morgan fingerprint density at radius 1 is 1.32 bits per heavy atom. The third-order valence-corrected chi connectivity index (χ3v) is 2.91. The number of hydrogen-bond donors (Lipinski definition) is 2. The molecule has 0 saturated carbocycles. The maximum Gasteiger partial charge on any atom is 0.257 e. The molecular formula is C15H17N3O. The molecule has 0 unspecified atom stereocenters. The zero-order chi connectivity index (χ0) is 13.8. The molecule has 0 bridgehead atoms. The van der Waals surface area contributed by atoms with E-state index in [4.69, 9.17) is 5.73 Å². The molecule has 0 aliphatic rings. The lowest BCUT2D eigenvalue weighted by Crippen LogP contribution is -2.14. The zero-order valence-electron chi connectivity index (χ0n) is 11.1. The SMILES string of the molecule is CC(C)c1cccc(NC(=O)c2ccncc2N)c1. The zero-order valence-corrected chi connectivity index (χ0v) is 11.1. The molecule has 0 spiro atoms. The first-order valence-electron chi connectivity index (χ1n) is 6.18. The second-order valence-corrected chi connectivity index (χ2v) is 4.70. The Morgan fingerprint density at radius 2 is 2.11 bits per heavy atom. The standard InChI is InChI=1S/C15H17N3O/c1-10(2)11-4-3-5-12(8-11)18-15(19)13-6-7-17-9-14(13)16/h3-10H,16H2,1-2H3,(H,18,19). The largest absolute Gasteiger partial charge is 0.397 e. The first kappa shape index (κ1) is 13.1. The van der Waals surface area contributed by atoms with Crippen LogP contribution in [-0.2, 0) is 0 Å². The normalized spacial score (nSPS) is 10.5. The van der Waals surface area contributed by atoms with Gasteiger partial charge in [-0.25, -0.2) is 0 Å². The minimum atomic E-state index is -0.221. The number of nitrogens with one attached hydrogen (secondary N) is 1.